The van der Waals surface area contributed by atoms with Crippen molar-refractivity contribution in [1.29, 1.82) is 0 Å². The van der Waals surface area contributed by atoms with E-state index in [4.69, 9.17) is 9.84 Å². The Morgan fingerprint density at radius 1 is 1.50 bits per heavy atom. The van der Waals surface area contributed by atoms with E-state index in [1.54, 1.807) is 23.1 Å². The summed E-state index contributed by atoms with van der Waals surface area (Å²) in [6.07, 6.45) is 0. The molecule has 0 bridgehead atoms. The summed E-state index contributed by atoms with van der Waals surface area (Å²) in [7, 11) is 0. The molecule has 0 aliphatic carbocycles. The average molecular weight is 289 g/mol. The molecule has 1 rings (SSSR count). The first kappa shape index (κ1) is 15.0. The summed E-state index contributed by atoms with van der Waals surface area (Å²) in [5, 5.41) is 13.0. The number of thiophene rings is 1. The zero-order chi connectivity index (χ0) is 13.2. The Morgan fingerprint density at radius 2 is 2.33 bits per heavy atom. The molecular formula is C11H15NO4S2. The minimum Gasteiger partial charge on any atom is -0.480 e. The van der Waals surface area contributed by atoms with E-state index in [1.807, 2.05) is 17.5 Å². The maximum absolute atomic E-state index is 11.4. The van der Waals surface area contributed by atoms with Gasteiger partial charge in [0.1, 0.15) is 6.61 Å². The molecule has 0 atom stereocenters. The Hall–Kier alpha value is -1.05. The molecule has 0 radical (unpaired) electrons. The minimum absolute atomic E-state index is 0.0597. The van der Waals surface area contributed by atoms with Gasteiger partial charge in [0.05, 0.1) is 12.4 Å². The second-order valence-corrected chi connectivity index (χ2v) is 5.39. The number of hydrogen-bond acceptors (Lipinski definition) is 5. The van der Waals surface area contributed by atoms with Crippen LogP contribution in [0.2, 0.25) is 0 Å². The van der Waals surface area contributed by atoms with Crippen LogP contribution in [0.25, 0.3) is 0 Å². The predicted octanol–water partition coefficient (Wildman–Crippen LogP) is 1.20. The maximum Gasteiger partial charge on any atom is 0.329 e. The van der Waals surface area contributed by atoms with Crippen molar-refractivity contribution in [3.8, 4) is 0 Å². The van der Waals surface area contributed by atoms with Gasteiger partial charge in [-0.1, -0.05) is 6.07 Å². The first-order chi connectivity index (χ1) is 8.68. The van der Waals surface area contributed by atoms with Crippen LogP contribution in [0.5, 0.6) is 0 Å². The molecule has 1 aromatic rings. The number of aliphatic carboxylic acids is 1. The lowest BCUT2D eigenvalue weighted by atomic mass is 10.5. The molecular weight excluding hydrogens is 274 g/mol. The van der Waals surface area contributed by atoms with Crippen molar-refractivity contribution in [2.45, 2.75) is 5.75 Å². The number of hydrogen-bond donors (Lipinski definition) is 2. The molecule has 0 aromatic carbocycles. The fraction of sp³-hybridized carbons (Fsp3) is 0.455. The van der Waals surface area contributed by atoms with E-state index in [0.29, 0.717) is 12.3 Å². The van der Waals surface area contributed by atoms with Gasteiger partial charge in [-0.3, -0.25) is 4.79 Å². The number of thioether (sulfide) groups is 1. The number of amides is 1. The Labute approximate surface area is 114 Å². The molecule has 1 amide bonds. The molecule has 100 valence electrons. The Morgan fingerprint density at radius 3 is 3.00 bits per heavy atom. The number of carbonyl (C=O) groups excluding carboxylic acids is 1. The monoisotopic (exact) mass is 289 g/mol. The van der Waals surface area contributed by atoms with Crippen molar-refractivity contribution in [2.75, 3.05) is 25.5 Å². The van der Waals surface area contributed by atoms with Gasteiger partial charge < -0.3 is 15.2 Å². The van der Waals surface area contributed by atoms with Crippen molar-refractivity contribution in [2.24, 2.45) is 0 Å². The molecule has 0 saturated heterocycles. The Balaban J connectivity index is 1.95. The Kier molecular flexibility index (Phi) is 7.47. The minimum atomic E-state index is -1.01. The zero-order valence-corrected chi connectivity index (χ0v) is 11.4. The average Bonchev–Trinajstić information content (AvgIpc) is 2.81. The number of ether oxygens (including phenoxy) is 1. The predicted molar refractivity (Wildman–Crippen MR) is 71.9 cm³/mol. The highest BCUT2D eigenvalue weighted by molar-refractivity contribution is 7.99. The van der Waals surface area contributed by atoms with Crippen molar-refractivity contribution in [1.82, 2.24) is 5.32 Å². The molecule has 5 nitrogen and oxygen atoms in total. The van der Waals surface area contributed by atoms with Crippen LogP contribution >= 0.6 is 23.1 Å². The van der Waals surface area contributed by atoms with Crippen molar-refractivity contribution < 1.29 is 19.4 Å². The van der Waals surface area contributed by atoms with Crippen LogP contribution in [0, 0.1) is 0 Å². The largest absolute Gasteiger partial charge is 0.480 e. The van der Waals surface area contributed by atoms with E-state index < -0.39 is 5.97 Å². The van der Waals surface area contributed by atoms with Crippen molar-refractivity contribution >= 4 is 35.0 Å². The highest BCUT2D eigenvalue weighted by Crippen LogP contribution is 2.16. The summed E-state index contributed by atoms with van der Waals surface area (Å²) in [4.78, 5) is 22.8. The first-order valence-corrected chi connectivity index (χ1v) is 7.38. The van der Waals surface area contributed by atoms with Gasteiger partial charge in [-0.25, -0.2) is 4.79 Å². The topological polar surface area (TPSA) is 75.6 Å². The third kappa shape index (κ3) is 7.31. The lowest BCUT2D eigenvalue weighted by molar-refractivity contribution is -0.142. The highest BCUT2D eigenvalue weighted by Gasteiger charge is 2.02. The van der Waals surface area contributed by atoms with Crippen LogP contribution < -0.4 is 5.32 Å². The van der Waals surface area contributed by atoms with Gasteiger partial charge in [0.2, 0.25) is 5.91 Å². The van der Waals surface area contributed by atoms with Gasteiger partial charge in [-0.05, 0) is 11.4 Å². The van der Waals surface area contributed by atoms with Crippen LogP contribution in [-0.2, 0) is 20.1 Å². The SMILES string of the molecule is O=C(O)COCCNC(=O)CSCc1cccs1. The van der Waals surface area contributed by atoms with Gasteiger partial charge in [0.15, 0.2) is 0 Å². The second kappa shape index (κ2) is 8.96. The lowest BCUT2D eigenvalue weighted by Crippen LogP contribution is -2.29. The molecule has 0 saturated carbocycles. The van der Waals surface area contributed by atoms with Crippen molar-refractivity contribution in [3.63, 3.8) is 0 Å². The van der Waals surface area contributed by atoms with E-state index in [-0.39, 0.29) is 19.1 Å². The molecule has 0 fully saturated rings. The number of carboxylic acid groups (broad SMARTS) is 1. The van der Waals surface area contributed by atoms with Crippen LogP contribution in [0.1, 0.15) is 4.88 Å². The number of carbonyl (C=O) groups is 2. The standard InChI is InChI=1S/C11H15NO4S2/c13-10(12-3-4-16-6-11(14)15)8-17-7-9-2-1-5-18-9/h1-2,5H,3-4,6-8H2,(H,12,13)(H,14,15). The molecule has 0 aliphatic rings. The lowest BCUT2D eigenvalue weighted by Gasteiger charge is -2.04. The summed E-state index contributed by atoms with van der Waals surface area (Å²) in [5.41, 5.74) is 0. The molecule has 1 aromatic heterocycles. The van der Waals surface area contributed by atoms with Gasteiger partial charge >= 0.3 is 5.97 Å². The normalized spacial score (nSPS) is 10.2. The van der Waals surface area contributed by atoms with E-state index >= 15 is 0 Å². The molecule has 0 aliphatic heterocycles. The molecule has 1 heterocycles. The van der Waals surface area contributed by atoms with Gasteiger partial charge in [0.25, 0.3) is 0 Å². The molecule has 7 heteroatoms. The quantitative estimate of drug-likeness (QED) is 0.668. The third-order valence-electron chi connectivity index (χ3n) is 1.85. The Bertz CT molecular complexity index is 367. The van der Waals surface area contributed by atoms with E-state index in [1.165, 1.54) is 4.88 Å². The smallest absolute Gasteiger partial charge is 0.329 e. The molecule has 18 heavy (non-hydrogen) atoms. The van der Waals surface area contributed by atoms with Gasteiger partial charge in [-0.2, -0.15) is 0 Å². The molecule has 0 unspecified atom stereocenters. The van der Waals surface area contributed by atoms with Crippen LogP contribution in [0.15, 0.2) is 17.5 Å². The number of carboxylic acids is 1. The first-order valence-electron chi connectivity index (χ1n) is 5.35. The summed E-state index contributed by atoms with van der Waals surface area (Å²) in [6, 6.07) is 4.02. The summed E-state index contributed by atoms with van der Waals surface area (Å²) < 4.78 is 4.79. The highest BCUT2D eigenvalue weighted by atomic mass is 32.2. The van der Waals surface area contributed by atoms with Crippen molar-refractivity contribution in [3.05, 3.63) is 22.4 Å². The van der Waals surface area contributed by atoms with Crippen LogP contribution in [0.4, 0.5) is 0 Å². The van der Waals surface area contributed by atoms with E-state index in [9.17, 15) is 9.59 Å². The molecule has 0 spiro atoms. The van der Waals surface area contributed by atoms with Gasteiger partial charge in [0, 0.05) is 17.2 Å². The summed E-state index contributed by atoms with van der Waals surface area (Å²) in [5.74, 6) is 0.167. The number of nitrogens with one attached hydrogen (secondary N) is 1. The fourth-order valence-corrected chi connectivity index (χ4v) is 2.81. The number of rotatable bonds is 9. The van der Waals surface area contributed by atoms with Crippen LogP contribution in [0.3, 0.4) is 0 Å². The van der Waals surface area contributed by atoms with Crippen LogP contribution in [-0.4, -0.2) is 42.5 Å². The molecule has 2 N–H and O–H groups in total. The maximum atomic E-state index is 11.4. The third-order valence-corrected chi connectivity index (χ3v) is 3.89. The van der Waals surface area contributed by atoms with E-state index in [2.05, 4.69) is 5.32 Å². The fourth-order valence-electron chi connectivity index (χ4n) is 1.11. The van der Waals surface area contributed by atoms with E-state index in [0.717, 1.165) is 5.75 Å². The second-order valence-electron chi connectivity index (χ2n) is 3.37. The summed E-state index contributed by atoms with van der Waals surface area (Å²) >= 11 is 3.22. The summed E-state index contributed by atoms with van der Waals surface area (Å²) in [6.45, 7) is 0.225. The van der Waals surface area contributed by atoms with Gasteiger partial charge in [-0.15, -0.1) is 23.1 Å². The zero-order valence-electron chi connectivity index (χ0n) is 9.76.